The maximum absolute atomic E-state index is 12.4. The third kappa shape index (κ3) is 4.74. The quantitative estimate of drug-likeness (QED) is 0.911. The molecule has 0 aromatic heterocycles. The van der Waals surface area contributed by atoms with E-state index in [9.17, 15) is 9.90 Å². The lowest BCUT2D eigenvalue weighted by Crippen LogP contribution is -2.51. The van der Waals surface area contributed by atoms with Crippen molar-refractivity contribution in [1.82, 2.24) is 4.90 Å². The van der Waals surface area contributed by atoms with Crippen LogP contribution in [0.5, 0.6) is 0 Å². The summed E-state index contributed by atoms with van der Waals surface area (Å²) in [6.07, 6.45) is 1.55. The Hall–Kier alpha value is -1.55. The number of piperidine rings is 1. The molecule has 0 unspecified atom stereocenters. The molecule has 1 N–H and O–H groups in total. The summed E-state index contributed by atoms with van der Waals surface area (Å²) in [7, 11) is 0. The lowest BCUT2D eigenvalue weighted by Gasteiger charge is -2.38. The van der Waals surface area contributed by atoms with Gasteiger partial charge in [0.1, 0.15) is 5.60 Å². The number of amides is 1. The van der Waals surface area contributed by atoms with E-state index >= 15 is 0 Å². The second-order valence-corrected chi connectivity index (χ2v) is 6.71. The van der Waals surface area contributed by atoms with Gasteiger partial charge < -0.3 is 14.7 Å². The molecule has 1 aliphatic rings. The maximum Gasteiger partial charge on any atom is 0.410 e. The molecule has 0 spiro atoms. The van der Waals surface area contributed by atoms with Crippen LogP contribution in [-0.4, -0.2) is 40.4 Å². The molecule has 4 nitrogen and oxygen atoms in total. The molecule has 1 heterocycles. The molecule has 2 rings (SSSR count). The topological polar surface area (TPSA) is 49.8 Å². The van der Waals surface area contributed by atoms with Gasteiger partial charge in [-0.25, -0.2) is 4.79 Å². The number of aliphatic hydroxyl groups excluding tert-OH is 1. The van der Waals surface area contributed by atoms with E-state index in [0.29, 0.717) is 6.54 Å². The van der Waals surface area contributed by atoms with Crippen molar-refractivity contribution in [2.45, 2.75) is 57.8 Å². The van der Waals surface area contributed by atoms with Gasteiger partial charge in [-0.1, -0.05) is 30.3 Å². The van der Waals surface area contributed by atoms with Crippen molar-refractivity contribution < 1.29 is 14.6 Å². The summed E-state index contributed by atoms with van der Waals surface area (Å²) >= 11 is 0. The minimum atomic E-state index is -0.517. The first kappa shape index (κ1) is 15.8. The van der Waals surface area contributed by atoms with Crippen molar-refractivity contribution in [2.24, 2.45) is 0 Å². The number of carbonyl (C=O) groups is 1. The fraction of sp³-hybridized carbons (Fsp3) is 0.588. The average molecular weight is 291 g/mol. The van der Waals surface area contributed by atoms with E-state index in [2.05, 4.69) is 12.1 Å². The number of likely N-dealkylation sites (tertiary alicyclic amines) is 1. The van der Waals surface area contributed by atoms with Crippen molar-refractivity contribution in [3.8, 4) is 0 Å². The first-order chi connectivity index (χ1) is 9.85. The Balaban J connectivity index is 2.08. The molecule has 0 saturated carbocycles. The van der Waals surface area contributed by atoms with Crippen LogP contribution >= 0.6 is 0 Å². The van der Waals surface area contributed by atoms with E-state index in [-0.39, 0.29) is 12.1 Å². The standard InChI is InChI=1S/C17H25NO3/c1-17(2,3)21-16(20)18-12-15(19)10-9-14(18)11-13-7-5-4-6-8-13/h4-8,14-15,19H,9-12H2,1-3H3/t14-,15-/m1/s1. The third-order valence-electron chi connectivity index (χ3n) is 3.62. The zero-order valence-electron chi connectivity index (χ0n) is 13.1. The maximum atomic E-state index is 12.4. The number of hydrogen-bond acceptors (Lipinski definition) is 3. The van der Waals surface area contributed by atoms with Crippen molar-refractivity contribution in [2.75, 3.05) is 6.54 Å². The van der Waals surface area contributed by atoms with Gasteiger partial charge in [-0.05, 0) is 45.6 Å². The number of aliphatic hydroxyl groups is 1. The summed E-state index contributed by atoms with van der Waals surface area (Å²) in [5, 5.41) is 9.86. The van der Waals surface area contributed by atoms with Gasteiger partial charge in [-0.3, -0.25) is 0 Å². The van der Waals surface area contributed by atoms with Gasteiger partial charge in [-0.15, -0.1) is 0 Å². The van der Waals surface area contributed by atoms with E-state index in [1.807, 2.05) is 39.0 Å². The predicted octanol–water partition coefficient (Wildman–Crippen LogP) is 2.99. The average Bonchev–Trinajstić information content (AvgIpc) is 2.40. The highest BCUT2D eigenvalue weighted by molar-refractivity contribution is 5.68. The van der Waals surface area contributed by atoms with Crippen LogP contribution in [0.25, 0.3) is 0 Å². The molecule has 1 fully saturated rings. The van der Waals surface area contributed by atoms with Crippen LogP contribution in [0.1, 0.15) is 39.2 Å². The van der Waals surface area contributed by atoms with Crippen LogP contribution in [0.3, 0.4) is 0 Å². The molecule has 2 atom stereocenters. The van der Waals surface area contributed by atoms with Gasteiger partial charge in [0.2, 0.25) is 0 Å². The van der Waals surface area contributed by atoms with Gasteiger partial charge >= 0.3 is 6.09 Å². The Morgan fingerprint density at radius 3 is 2.57 bits per heavy atom. The lowest BCUT2D eigenvalue weighted by atomic mass is 9.95. The van der Waals surface area contributed by atoms with Crippen LogP contribution in [0.2, 0.25) is 0 Å². The Bertz CT molecular complexity index is 467. The van der Waals surface area contributed by atoms with Crippen molar-refractivity contribution in [3.63, 3.8) is 0 Å². The van der Waals surface area contributed by atoms with Gasteiger partial charge in [0.25, 0.3) is 0 Å². The molecule has 1 aromatic rings. The summed E-state index contributed by atoms with van der Waals surface area (Å²) in [4.78, 5) is 14.0. The fourth-order valence-corrected chi connectivity index (χ4v) is 2.65. The summed E-state index contributed by atoms with van der Waals surface area (Å²) in [6, 6.07) is 10.2. The second-order valence-electron chi connectivity index (χ2n) is 6.71. The minimum Gasteiger partial charge on any atom is -0.444 e. The minimum absolute atomic E-state index is 0.0886. The molecule has 1 aliphatic heterocycles. The van der Waals surface area contributed by atoms with E-state index in [4.69, 9.17) is 4.74 Å². The molecule has 4 heteroatoms. The van der Waals surface area contributed by atoms with Gasteiger partial charge in [0.05, 0.1) is 12.6 Å². The van der Waals surface area contributed by atoms with E-state index in [1.165, 1.54) is 5.56 Å². The third-order valence-corrected chi connectivity index (χ3v) is 3.62. The highest BCUT2D eigenvalue weighted by Gasteiger charge is 2.33. The van der Waals surface area contributed by atoms with Gasteiger partial charge in [0, 0.05) is 6.04 Å². The molecule has 21 heavy (non-hydrogen) atoms. The van der Waals surface area contributed by atoms with Crippen LogP contribution in [0.4, 0.5) is 4.79 Å². The normalized spacial score (nSPS) is 23.0. The van der Waals surface area contributed by atoms with Crippen LogP contribution in [0.15, 0.2) is 30.3 Å². The zero-order chi connectivity index (χ0) is 15.5. The van der Waals surface area contributed by atoms with Crippen LogP contribution < -0.4 is 0 Å². The molecule has 1 saturated heterocycles. The molecular weight excluding hydrogens is 266 g/mol. The first-order valence-corrected chi connectivity index (χ1v) is 7.57. The second kappa shape index (κ2) is 6.48. The van der Waals surface area contributed by atoms with Gasteiger partial charge in [-0.2, -0.15) is 0 Å². The zero-order valence-corrected chi connectivity index (χ0v) is 13.1. The first-order valence-electron chi connectivity index (χ1n) is 7.57. The molecule has 1 amide bonds. The SMILES string of the molecule is CC(C)(C)OC(=O)N1C[C@H](O)CC[C@@H]1Cc1ccccc1. The summed E-state index contributed by atoms with van der Waals surface area (Å²) in [5.41, 5.74) is 0.684. The highest BCUT2D eigenvalue weighted by Crippen LogP contribution is 2.23. The number of nitrogens with zero attached hydrogens (tertiary/aromatic N) is 1. The number of ether oxygens (including phenoxy) is 1. The number of benzene rings is 1. The monoisotopic (exact) mass is 291 g/mol. The molecule has 1 aromatic carbocycles. The van der Waals surface area contributed by atoms with Crippen LogP contribution in [0, 0.1) is 0 Å². The van der Waals surface area contributed by atoms with Crippen LogP contribution in [-0.2, 0) is 11.2 Å². The number of carbonyl (C=O) groups excluding carboxylic acids is 1. The van der Waals surface area contributed by atoms with E-state index < -0.39 is 11.7 Å². The van der Waals surface area contributed by atoms with Crippen molar-refractivity contribution in [3.05, 3.63) is 35.9 Å². The molecule has 0 bridgehead atoms. The Morgan fingerprint density at radius 1 is 1.29 bits per heavy atom. The summed E-state index contributed by atoms with van der Waals surface area (Å²) < 4.78 is 5.47. The predicted molar refractivity (Wildman–Crippen MR) is 82.1 cm³/mol. The van der Waals surface area contributed by atoms with Crippen molar-refractivity contribution in [1.29, 1.82) is 0 Å². The number of rotatable bonds is 2. The molecule has 0 aliphatic carbocycles. The Morgan fingerprint density at radius 2 is 1.95 bits per heavy atom. The summed E-state index contributed by atoms with van der Waals surface area (Å²) in [5.74, 6) is 0. The molecular formula is C17H25NO3. The Kier molecular flexibility index (Phi) is 4.88. The fourth-order valence-electron chi connectivity index (χ4n) is 2.65. The largest absolute Gasteiger partial charge is 0.444 e. The number of β-amino-alcohol motifs (C(OH)–C–C–N with tert-alkyl or cyclic N) is 1. The molecule has 116 valence electrons. The highest BCUT2D eigenvalue weighted by atomic mass is 16.6. The molecule has 0 radical (unpaired) electrons. The summed E-state index contributed by atoms with van der Waals surface area (Å²) in [6.45, 7) is 5.93. The van der Waals surface area contributed by atoms with Gasteiger partial charge in [0.15, 0.2) is 0 Å². The Labute approximate surface area is 126 Å². The van der Waals surface area contributed by atoms with E-state index in [1.54, 1.807) is 4.90 Å². The lowest BCUT2D eigenvalue weighted by molar-refractivity contribution is -0.0127. The number of hydrogen-bond donors (Lipinski definition) is 1. The van der Waals surface area contributed by atoms with E-state index in [0.717, 1.165) is 19.3 Å². The van der Waals surface area contributed by atoms with Crippen molar-refractivity contribution >= 4 is 6.09 Å². The smallest absolute Gasteiger partial charge is 0.410 e.